The van der Waals surface area contributed by atoms with Gasteiger partial charge in [-0.2, -0.15) is 11.8 Å². The fourth-order valence-electron chi connectivity index (χ4n) is 2.25. The van der Waals surface area contributed by atoms with Crippen molar-refractivity contribution >= 4 is 11.8 Å². The van der Waals surface area contributed by atoms with Gasteiger partial charge in [0.15, 0.2) is 0 Å². The third-order valence-electron chi connectivity index (χ3n) is 3.03. The van der Waals surface area contributed by atoms with Crippen LogP contribution in [0.4, 0.5) is 0 Å². The number of fused-ring (bicyclic) bond motifs is 1. The number of aromatic amines is 1. The molecule has 16 heavy (non-hydrogen) atoms. The number of nitrogens with one attached hydrogen (secondary N) is 2. The van der Waals surface area contributed by atoms with E-state index < -0.39 is 0 Å². The number of pyridine rings is 1. The zero-order valence-corrected chi connectivity index (χ0v) is 10.4. The van der Waals surface area contributed by atoms with Crippen LogP contribution < -0.4 is 10.9 Å². The first-order chi connectivity index (χ1) is 7.81. The SMILES string of the molecule is CSCCNC1CCCc2[nH]c(=O)ccc21. The van der Waals surface area contributed by atoms with Crippen molar-refractivity contribution in [2.24, 2.45) is 0 Å². The molecule has 1 heterocycles. The lowest BCUT2D eigenvalue weighted by Gasteiger charge is -2.25. The summed E-state index contributed by atoms with van der Waals surface area (Å²) in [7, 11) is 0. The number of aryl methyl sites for hydroxylation is 1. The van der Waals surface area contributed by atoms with Crippen LogP contribution in [0.5, 0.6) is 0 Å². The highest BCUT2D eigenvalue weighted by molar-refractivity contribution is 7.98. The number of hydrogen-bond acceptors (Lipinski definition) is 3. The minimum Gasteiger partial charge on any atom is -0.326 e. The summed E-state index contributed by atoms with van der Waals surface area (Å²) in [6.07, 6.45) is 5.46. The topological polar surface area (TPSA) is 44.9 Å². The molecule has 1 aromatic heterocycles. The van der Waals surface area contributed by atoms with Gasteiger partial charge in [-0.05, 0) is 31.1 Å². The summed E-state index contributed by atoms with van der Waals surface area (Å²) in [4.78, 5) is 14.2. The predicted octanol–water partition coefficient (Wildman–Crippen LogP) is 1.70. The van der Waals surface area contributed by atoms with Gasteiger partial charge in [0.1, 0.15) is 0 Å². The van der Waals surface area contributed by atoms with E-state index in [2.05, 4.69) is 16.6 Å². The third kappa shape index (κ3) is 2.68. The van der Waals surface area contributed by atoms with E-state index in [9.17, 15) is 4.79 Å². The molecule has 3 nitrogen and oxygen atoms in total. The Morgan fingerprint density at radius 2 is 2.44 bits per heavy atom. The first-order valence-electron chi connectivity index (χ1n) is 5.75. The maximum absolute atomic E-state index is 11.2. The lowest BCUT2D eigenvalue weighted by Crippen LogP contribution is -2.28. The minimum absolute atomic E-state index is 0.0171. The zero-order valence-electron chi connectivity index (χ0n) is 9.58. The molecule has 1 aliphatic carbocycles. The number of aromatic nitrogens is 1. The monoisotopic (exact) mass is 238 g/mol. The Hall–Kier alpha value is -0.740. The highest BCUT2D eigenvalue weighted by atomic mass is 32.2. The number of rotatable bonds is 4. The number of hydrogen-bond donors (Lipinski definition) is 2. The number of thioether (sulfide) groups is 1. The highest BCUT2D eigenvalue weighted by Gasteiger charge is 2.19. The summed E-state index contributed by atoms with van der Waals surface area (Å²) >= 11 is 1.85. The molecule has 0 saturated carbocycles. The van der Waals surface area contributed by atoms with Crippen LogP contribution in [0.15, 0.2) is 16.9 Å². The van der Waals surface area contributed by atoms with Gasteiger partial charge in [-0.25, -0.2) is 0 Å². The first-order valence-corrected chi connectivity index (χ1v) is 7.15. The maximum Gasteiger partial charge on any atom is 0.248 e. The molecule has 1 aliphatic rings. The second-order valence-corrected chi connectivity index (χ2v) is 5.13. The van der Waals surface area contributed by atoms with E-state index in [1.165, 1.54) is 12.0 Å². The van der Waals surface area contributed by atoms with E-state index in [0.29, 0.717) is 6.04 Å². The van der Waals surface area contributed by atoms with Crippen molar-refractivity contribution in [1.29, 1.82) is 0 Å². The lowest BCUT2D eigenvalue weighted by atomic mass is 9.91. The van der Waals surface area contributed by atoms with E-state index in [-0.39, 0.29) is 5.56 Å². The van der Waals surface area contributed by atoms with Crippen molar-refractivity contribution in [1.82, 2.24) is 10.3 Å². The first kappa shape index (κ1) is 11.7. The van der Waals surface area contributed by atoms with E-state index in [1.807, 2.05) is 17.8 Å². The molecule has 2 N–H and O–H groups in total. The normalized spacial score (nSPS) is 19.4. The van der Waals surface area contributed by atoms with Gasteiger partial charge < -0.3 is 10.3 Å². The van der Waals surface area contributed by atoms with E-state index in [0.717, 1.165) is 30.8 Å². The molecule has 0 spiro atoms. The van der Waals surface area contributed by atoms with Gasteiger partial charge in [0.25, 0.3) is 0 Å². The Balaban J connectivity index is 2.10. The summed E-state index contributed by atoms with van der Waals surface area (Å²) in [5, 5.41) is 3.56. The standard InChI is InChI=1S/C12H18N2OS/c1-16-8-7-13-10-3-2-4-11-9(10)5-6-12(15)14-11/h5-6,10,13H,2-4,7-8H2,1H3,(H,14,15). The van der Waals surface area contributed by atoms with Crippen molar-refractivity contribution in [3.8, 4) is 0 Å². The van der Waals surface area contributed by atoms with Gasteiger partial charge in [0.05, 0.1) is 0 Å². The van der Waals surface area contributed by atoms with E-state index in [1.54, 1.807) is 6.07 Å². The summed E-state index contributed by atoms with van der Waals surface area (Å²) in [5.41, 5.74) is 2.43. The Labute approximate surface area is 100 Å². The predicted molar refractivity (Wildman–Crippen MR) is 69.1 cm³/mol. The van der Waals surface area contributed by atoms with Gasteiger partial charge in [-0.1, -0.05) is 6.07 Å². The molecule has 1 aromatic rings. The van der Waals surface area contributed by atoms with Gasteiger partial charge >= 0.3 is 0 Å². The van der Waals surface area contributed by atoms with Crippen LogP contribution in [0.2, 0.25) is 0 Å². The molecule has 0 radical (unpaired) electrons. The van der Waals surface area contributed by atoms with Gasteiger partial charge in [-0.3, -0.25) is 4.79 Å². The Kier molecular flexibility index (Phi) is 4.07. The van der Waals surface area contributed by atoms with E-state index in [4.69, 9.17) is 0 Å². The molecule has 0 bridgehead atoms. The second kappa shape index (κ2) is 5.55. The molecule has 0 fully saturated rings. The van der Waals surface area contributed by atoms with Crippen LogP contribution in [-0.4, -0.2) is 23.5 Å². The summed E-state index contributed by atoms with van der Waals surface area (Å²) < 4.78 is 0. The lowest BCUT2D eigenvalue weighted by molar-refractivity contribution is 0.467. The van der Waals surface area contributed by atoms with E-state index >= 15 is 0 Å². The Morgan fingerprint density at radius 1 is 1.56 bits per heavy atom. The van der Waals surface area contributed by atoms with Crippen molar-refractivity contribution in [2.75, 3.05) is 18.6 Å². The summed E-state index contributed by atoms with van der Waals surface area (Å²) in [6.45, 7) is 1.03. The van der Waals surface area contributed by atoms with Crippen LogP contribution in [-0.2, 0) is 6.42 Å². The average molecular weight is 238 g/mol. The van der Waals surface area contributed by atoms with Crippen molar-refractivity contribution in [3.63, 3.8) is 0 Å². The molecular weight excluding hydrogens is 220 g/mol. The molecule has 88 valence electrons. The second-order valence-electron chi connectivity index (χ2n) is 4.15. The third-order valence-corrected chi connectivity index (χ3v) is 3.64. The molecule has 1 unspecified atom stereocenters. The molecule has 1 atom stereocenters. The van der Waals surface area contributed by atoms with Crippen molar-refractivity contribution in [3.05, 3.63) is 33.7 Å². The van der Waals surface area contributed by atoms with Gasteiger partial charge in [0.2, 0.25) is 5.56 Å². The van der Waals surface area contributed by atoms with Crippen LogP contribution in [0, 0.1) is 0 Å². The van der Waals surface area contributed by atoms with Crippen molar-refractivity contribution in [2.45, 2.75) is 25.3 Å². The number of H-pyrrole nitrogens is 1. The zero-order chi connectivity index (χ0) is 11.4. The van der Waals surface area contributed by atoms with Crippen LogP contribution in [0.1, 0.15) is 30.1 Å². The fraction of sp³-hybridized carbons (Fsp3) is 0.583. The maximum atomic E-state index is 11.2. The van der Waals surface area contributed by atoms with Crippen LogP contribution in [0.3, 0.4) is 0 Å². The largest absolute Gasteiger partial charge is 0.326 e. The Bertz CT molecular complexity index is 402. The Morgan fingerprint density at radius 3 is 3.25 bits per heavy atom. The van der Waals surface area contributed by atoms with Crippen LogP contribution >= 0.6 is 11.8 Å². The molecule has 0 amide bonds. The van der Waals surface area contributed by atoms with Crippen molar-refractivity contribution < 1.29 is 0 Å². The summed E-state index contributed by atoms with van der Waals surface area (Å²) in [5.74, 6) is 1.13. The quantitative estimate of drug-likeness (QED) is 0.785. The minimum atomic E-state index is 0.0171. The molecule has 2 rings (SSSR count). The molecular formula is C12H18N2OS. The van der Waals surface area contributed by atoms with Gasteiger partial charge in [0, 0.05) is 30.1 Å². The molecule has 4 heteroatoms. The molecule has 0 saturated heterocycles. The van der Waals surface area contributed by atoms with Gasteiger partial charge in [-0.15, -0.1) is 0 Å². The van der Waals surface area contributed by atoms with Crippen LogP contribution in [0.25, 0.3) is 0 Å². The molecule has 0 aromatic carbocycles. The fourth-order valence-corrected chi connectivity index (χ4v) is 2.57. The molecule has 0 aliphatic heterocycles. The smallest absolute Gasteiger partial charge is 0.248 e. The highest BCUT2D eigenvalue weighted by Crippen LogP contribution is 2.27. The summed E-state index contributed by atoms with van der Waals surface area (Å²) in [6, 6.07) is 4.03. The average Bonchev–Trinajstić information content (AvgIpc) is 2.29.